The third-order valence-corrected chi connectivity index (χ3v) is 3.67. The van der Waals surface area contributed by atoms with E-state index in [1.165, 1.54) is 0 Å². The lowest BCUT2D eigenvalue weighted by atomic mass is 9.52. The molecule has 0 saturated heterocycles. The Bertz CT molecular complexity index is 253. The molecular formula is C11H18O3. The Morgan fingerprint density at radius 3 is 2.36 bits per heavy atom. The maximum atomic E-state index is 11.2. The zero-order chi connectivity index (χ0) is 10.9. The Balaban J connectivity index is 2.46. The highest BCUT2D eigenvalue weighted by Crippen LogP contribution is 2.53. The molecule has 80 valence electrons. The fourth-order valence-corrected chi connectivity index (χ4v) is 2.49. The zero-order valence-corrected chi connectivity index (χ0v) is 9.04. The van der Waals surface area contributed by atoms with Crippen LogP contribution in [0.5, 0.6) is 0 Å². The van der Waals surface area contributed by atoms with Crippen molar-refractivity contribution in [3.8, 4) is 0 Å². The van der Waals surface area contributed by atoms with Crippen LogP contribution in [0.25, 0.3) is 0 Å². The highest BCUT2D eigenvalue weighted by atomic mass is 16.4. The van der Waals surface area contributed by atoms with Crippen molar-refractivity contribution in [3.05, 3.63) is 0 Å². The van der Waals surface area contributed by atoms with Crippen molar-refractivity contribution < 1.29 is 14.7 Å². The molecule has 0 unspecified atom stereocenters. The van der Waals surface area contributed by atoms with Gasteiger partial charge in [0.15, 0.2) is 0 Å². The summed E-state index contributed by atoms with van der Waals surface area (Å²) in [5, 5.41) is 8.56. The summed E-state index contributed by atoms with van der Waals surface area (Å²) in [6.45, 7) is 5.75. The van der Waals surface area contributed by atoms with Crippen molar-refractivity contribution in [3.63, 3.8) is 0 Å². The van der Waals surface area contributed by atoms with Gasteiger partial charge in [-0.3, -0.25) is 9.59 Å². The van der Waals surface area contributed by atoms with Gasteiger partial charge in [0.1, 0.15) is 5.78 Å². The number of carboxylic acids is 1. The molecule has 0 radical (unpaired) electrons. The standard InChI is InChI=1S/C11H18O3/c1-7(12)9-6-8(11(9,2)3)4-5-10(13)14/h8-9H,4-6H2,1-3H3,(H,13,14)/t8-,9-/m0/s1. The van der Waals surface area contributed by atoms with E-state index in [1.54, 1.807) is 6.92 Å². The van der Waals surface area contributed by atoms with Crippen molar-refractivity contribution in [2.24, 2.45) is 17.3 Å². The SMILES string of the molecule is CC(=O)[C@@H]1C[C@H](CCC(=O)O)C1(C)C. The van der Waals surface area contributed by atoms with Gasteiger partial charge in [-0.15, -0.1) is 0 Å². The smallest absolute Gasteiger partial charge is 0.303 e. The quantitative estimate of drug-likeness (QED) is 0.752. The number of carbonyl (C=O) groups is 2. The number of hydrogen-bond acceptors (Lipinski definition) is 2. The second kappa shape index (κ2) is 3.71. The predicted molar refractivity (Wildman–Crippen MR) is 52.9 cm³/mol. The molecule has 0 spiro atoms. The van der Waals surface area contributed by atoms with Gasteiger partial charge in [0.25, 0.3) is 0 Å². The summed E-state index contributed by atoms with van der Waals surface area (Å²) in [6, 6.07) is 0. The number of aliphatic carboxylic acids is 1. The molecule has 0 aromatic heterocycles. The van der Waals surface area contributed by atoms with Crippen molar-refractivity contribution in [1.82, 2.24) is 0 Å². The van der Waals surface area contributed by atoms with Crippen molar-refractivity contribution >= 4 is 11.8 Å². The number of carboxylic acid groups (broad SMARTS) is 1. The van der Waals surface area contributed by atoms with E-state index in [4.69, 9.17) is 5.11 Å². The van der Waals surface area contributed by atoms with Crippen LogP contribution in [0.1, 0.15) is 40.0 Å². The van der Waals surface area contributed by atoms with Gasteiger partial charge >= 0.3 is 5.97 Å². The Labute approximate surface area is 84.5 Å². The molecule has 0 aromatic rings. The van der Waals surface area contributed by atoms with E-state index < -0.39 is 5.97 Å². The van der Waals surface area contributed by atoms with E-state index in [0.717, 1.165) is 6.42 Å². The van der Waals surface area contributed by atoms with E-state index >= 15 is 0 Å². The third kappa shape index (κ3) is 1.97. The molecule has 0 amide bonds. The first-order valence-corrected chi connectivity index (χ1v) is 5.08. The van der Waals surface area contributed by atoms with Gasteiger partial charge in [-0.1, -0.05) is 13.8 Å². The number of Topliss-reactive ketones (excluding diaryl/α,β-unsaturated/α-hetero) is 1. The summed E-state index contributed by atoms with van der Waals surface area (Å²) in [5.74, 6) is 0.0300. The molecule has 1 rings (SSSR count). The lowest BCUT2D eigenvalue weighted by Crippen LogP contribution is -2.48. The van der Waals surface area contributed by atoms with E-state index in [-0.39, 0.29) is 23.5 Å². The highest BCUT2D eigenvalue weighted by Gasteiger charge is 2.49. The van der Waals surface area contributed by atoms with E-state index in [0.29, 0.717) is 12.3 Å². The second-order valence-corrected chi connectivity index (χ2v) is 4.85. The Hall–Kier alpha value is -0.860. The van der Waals surface area contributed by atoms with Gasteiger partial charge in [-0.05, 0) is 31.1 Å². The minimum Gasteiger partial charge on any atom is -0.481 e. The molecule has 1 saturated carbocycles. The van der Waals surface area contributed by atoms with Gasteiger partial charge in [-0.2, -0.15) is 0 Å². The van der Waals surface area contributed by atoms with Gasteiger partial charge in [0.05, 0.1) is 0 Å². The fourth-order valence-electron chi connectivity index (χ4n) is 2.49. The molecule has 0 bridgehead atoms. The number of rotatable bonds is 4. The molecule has 0 aliphatic heterocycles. The number of hydrogen-bond donors (Lipinski definition) is 1. The predicted octanol–water partition coefficient (Wildman–Crippen LogP) is 2.10. The van der Waals surface area contributed by atoms with Crippen LogP contribution in [-0.4, -0.2) is 16.9 Å². The first kappa shape index (κ1) is 11.2. The molecule has 1 aliphatic carbocycles. The molecule has 3 heteroatoms. The summed E-state index contributed by atoms with van der Waals surface area (Å²) >= 11 is 0. The fraction of sp³-hybridized carbons (Fsp3) is 0.818. The van der Waals surface area contributed by atoms with E-state index in [2.05, 4.69) is 13.8 Å². The van der Waals surface area contributed by atoms with Gasteiger partial charge in [0.2, 0.25) is 0 Å². The van der Waals surface area contributed by atoms with Crippen LogP contribution in [0, 0.1) is 17.3 Å². The van der Waals surface area contributed by atoms with Gasteiger partial charge in [-0.25, -0.2) is 0 Å². The maximum Gasteiger partial charge on any atom is 0.303 e. The Morgan fingerprint density at radius 1 is 1.43 bits per heavy atom. The van der Waals surface area contributed by atoms with Crippen molar-refractivity contribution in [2.75, 3.05) is 0 Å². The summed E-state index contributed by atoms with van der Waals surface area (Å²) in [5.41, 5.74) is 0.00127. The molecule has 2 atom stereocenters. The van der Waals surface area contributed by atoms with Crippen LogP contribution in [0.15, 0.2) is 0 Å². The van der Waals surface area contributed by atoms with Crippen LogP contribution in [0.3, 0.4) is 0 Å². The molecule has 1 N–H and O–H groups in total. The van der Waals surface area contributed by atoms with Gasteiger partial charge in [0, 0.05) is 12.3 Å². The summed E-state index contributed by atoms with van der Waals surface area (Å²) in [7, 11) is 0. The topological polar surface area (TPSA) is 54.4 Å². The molecule has 14 heavy (non-hydrogen) atoms. The van der Waals surface area contributed by atoms with Crippen LogP contribution in [0.2, 0.25) is 0 Å². The molecular weight excluding hydrogens is 180 g/mol. The lowest BCUT2D eigenvalue weighted by Gasteiger charge is -2.51. The second-order valence-electron chi connectivity index (χ2n) is 4.85. The molecule has 1 aliphatic rings. The van der Waals surface area contributed by atoms with E-state index in [1.807, 2.05) is 0 Å². The summed E-state index contributed by atoms with van der Waals surface area (Å²) in [6.07, 6.45) is 1.79. The highest BCUT2D eigenvalue weighted by molar-refractivity contribution is 5.80. The largest absolute Gasteiger partial charge is 0.481 e. The average molecular weight is 198 g/mol. The van der Waals surface area contributed by atoms with Crippen LogP contribution < -0.4 is 0 Å². The van der Waals surface area contributed by atoms with Gasteiger partial charge < -0.3 is 5.11 Å². The third-order valence-electron chi connectivity index (χ3n) is 3.67. The molecule has 3 nitrogen and oxygen atoms in total. The molecule has 1 fully saturated rings. The molecule has 0 aromatic carbocycles. The Kier molecular flexibility index (Phi) is 2.98. The summed E-state index contributed by atoms with van der Waals surface area (Å²) in [4.78, 5) is 21.6. The molecule has 0 heterocycles. The monoisotopic (exact) mass is 198 g/mol. The minimum atomic E-state index is -0.743. The Morgan fingerprint density at radius 2 is 2.00 bits per heavy atom. The average Bonchev–Trinajstić information content (AvgIpc) is 2.00. The normalized spacial score (nSPS) is 29.4. The van der Waals surface area contributed by atoms with Crippen LogP contribution in [-0.2, 0) is 9.59 Å². The van der Waals surface area contributed by atoms with E-state index in [9.17, 15) is 9.59 Å². The summed E-state index contributed by atoms with van der Waals surface area (Å²) < 4.78 is 0. The number of ketones is 1. The zero-order valence-electron chi connectivity index (χ0n) is 9.04. The minimum absolute atomic E-state index is 0.00127. The first-order valence-electron chi connectivity index (χ1n) is 5.08. The van der Waals surface area contributed by atoms with Crippen LogP contribution >= 0.6 is 0 Å². The number of carbonyl (C=O) groups excluding carboxylic acids is 1. The maximum absolute atomic E-state index is 11.2. The van der Waals surface area contributed by atoms with Crippen molar-refractivity contribution in [2.45, 2.75) is 40.0 Å². The van der Waals surface area contributed by atoms with Crippen molar-refractivity contribution in [1.29, 1.82) is 0 Å². The first-order chi connectivity index (χ1) is 6.35. The lowest BCUT2D eigenvalue weighted by molar-refractivity contribution is -0.140. The van der Waals surface area contributed by atoms with Crippen LogP contribution in [0.4, 0.5) is 0 Å².